The maximum atomic E-state index is 13.5. The summed E-state index contributed by atoms with van der Waals surface area (Å²) in [6, 6.07) is 6.56. The van der Waals surface area contributed by atoms with Crippen molar-refractivity contribution >= 4 is 17.3 Å². The minimum Gasteiger partial charge on any atom is -0.368 e. The molecule has 28 heavy (non-hydrogen) atoms. The van der Waals surface area contributed by atoms with Crippen LogP contribution in [0.3, 0.4) is 0 Å². The fourth-order valence-corrected chi connectivity index (χ4v) is 5.09. The molecule has 1 saturated carbocycles. The van der Waals surface area contributed by atoms with Gasteiger partial charge in [0.2, 0.25) is 5.95 Å². The summed E-state index contributed by atoms with van der Waals surface area (Å²) in [6.07, 6.45) is 6.35. The van der Waals surface area contributed by atoms with Gasteiger partial charge in [0.15, 0.2) is 0 Å². The molecule has 0 radical (unpaired) electrons. The van der Waals surface area contributed by atoms with E-state index in [0.29, 0.717) is 11.8 Å². The Labute approximate surface area is 167 Å². The lowest BCUT2D eigenvalue weighted by Gasteiger charge is -2.20. The molecule has 0 spiro atoms. The standard InChI is InChI=1S/C21H22FN5S/c22-15-5-3-13(4-6-15)17-19(28-20(26-17)14-7-9-24-10-8-14)18-16(12-1-2-12)11-25-21(23)27-18/h3-6,11-12,14,24H,1-2,7-10H2,(H2,23,25,27). The number of anilines is 1. The Kier molecular flexibility index (Phi) is 4.56. The summed E-state index contributed by atoms with van der Waals surface area (Å²) < 4.78 is 13.5. The van der Waals surface area contributed by atoms with E-state index in [0.717, 1.165) is 71.2 Å². The molecule has 2 aromatic heterocycles. The zero-order chi connectivity index (χ0) is 19.1. The molecular formula is C21H22FN5S. The Morgan fingerprint density at radius 3 is 2.43 bits per heavy atom. The molecule has 1 aliphatic heterocycles. The van der Waals surface area contributed by atoms with Crippen molar-refractivity contribution in [3.05, 3.63) is 46.9 Å². The number of halogens is 1. The number of hydrogen-bond donors (Lipinski definition) is 2. The van der Waals surface area contributed by atoms with Crippen LogP contribution in [-0.4, -0.2) is 28.0 Å². The third-order valence-electron chi connectivity index (χ3n) is 5.52. The van der Waals surface area contributed by atoms with Gasteiger partial charge in [-0.3, -0.25) is 0 Å². The zero-order valence-electron chi connectivity index (χ0n) is 15.5. The van der Waals surface area contributed by atoms with E-state index in [4.69, 9.17) is 10.7 Å². The molecular weight excluding hydrogens is 373 g/mol. The largest absolute Gasteiger partial charge is 0.368 e. The van der Waals surface area contributed by atoms with Crippen molar-refractivity contribution < 1.29 is 4.39 Å². The van der Waals surface area contributed by atoms with E-state index in [2.05, 4.69) is 15.3 Å². The van der Waals surface area contributed by atoms with Crippen LogP contribution in [0, 0.1) is 5.82 Å². The minimum absolute atomic E-state index is 0.246. The number of nitrogens with one attached hydrogen (secondary N) is 1. The van der Waals surface area contributed by atoms with Crippen LogP contribution in [0.2, 0.25) is 0 Å². The number of benzene rings is 1. The van der Waals surface area contributed by atoms with E-state index in [1.54, 1.807) is 23.5 Å². The average molecular weight is 396 g/mol. The van der Waals surface area contributed by atoms with Gasteiger partial charge >= 0.3 is 0 Å². The highest BCUT2D eigenvalue weighted by Gasteiger charge is 2.31. The smallest absolute Gasteiger partial charge is 0.220 e. The lowest BCUT2D eigenvalue weighted by Crippen LogP contribution is -2.26. The van der Waals surface area contributed by atoms with Gasteiger partial charge in [0.25, 0.3) is 0 Å². The first-order valence-electron chi connectivity index (χ1n) is 9.79. The first kappa shape index (κ1) is 17.7. The summed E-state index contributed by atoms with van der Waals surface area (Å²) >= 11 is 1.71. The monoisotopic (exact) mass is 395 g/mol. The average Bonchev–Trinajstić information content (AvgIpc) is 3.47. The van der Waals surface area contributed by atoms with Crippen molar-refractivity contribution in [2.24, 2.45) is 0 Å². The van der Waals surface area contributed by atoms with Crippen LogP contribution in [0.4, 0.5) is 10.3 Å². The number of hydrogen-bond acceptors (Lipinski definition) is 6. The van der Waals surface area contributed by atoms with Gasteiger partial charge in [0.1, 0.15) is 5.82 Å². The predicted octanol–water partition coefficient (Wildman–Crippen LogP) is 4.33. The van der Waals surface area contributed by atoms with Crippen molar-refractivity contribution in [3.63, 3.8) is 0 Å². The van der Waals surface area contributed by atoms with Gasteiger partial charge < -0.3 is 11.1 Å². The normalized spacial score (nSPS) is 17.8. The van der Waals surface area contributed by atoms with Crippen LogP contribution in [-0.2, 0) is 0 Å². The highest BCUT2D eigenvalue weighted by molar-refractivity contribution is 7.15. The topological polar surface area (TPSA) is 76.7 Å². The molecule has 3 aromatic rings. The molecule has 0 bridgehead atoms. The fourth-order valence-electron chi connectivity index (χ4n) is 3.82. The van der Waals surface area contributed by atoms with E-state index in [-0.39, 0.29) is 11.8 Å². The molecule has 1 saturated heterocycles. The lowest BCUT2D eigenvalue weighted by atomic mass is 9.99. The minimum atomic E-state index is -0.246. The van der Waals surface area contributed by atoms with Crippen LogP contribution in [0.25, 0.3) is 21.8 Å². The number of nitrogens with two attached hydrogens (primary N) is 1. The summed E-state index contributed by atoms with van der Waals surface area (Å²) in [4.78, 5) is 14.9. The van der Waals surface area contributed by atoms with E-state index >= 15 is 0 Å². The van der Waals surface area contributed by atoms with Crippen LogP contribution >= 0.6 is 11.3 Å². The van der Waals surface area contributed by atoms with Gasteiger partial charge in [-0.1, -0.05) is 0 Å². The molecule has 5 nitrogen and oxygen atoms in total. The summed E-state index contributed by atoms with van der Waals surface area (Å²) in [5, 5.41) is 4.55. The van der Waals surface area contributed by atoms with E-state index < -0.39 is 0 Å². The number of thiazole rings is 1. The molecule has 0 atom stereocenters. The first-order valence-corrected chi connectivity index (χ1v) is 10.6. The summed E-state index contributed by atoms with van der Waals surface area (Å²) in [5.74, 6) is 0.981. The number of rotatable bonds is 4. The third-order valence-corrected chi connectivity index (χ3v) is 6.74. The van der Waals surface area contributed by atoms with Crippen molar-refractivity contribution in [2.75, 3.05) is 18.8 Å². The second-order valence-corrected chi connectivity index (χ2v) is 8.60. The Morgan fingerprint density at radius 1 is 0.964 bits per heavy atom. The predicted molar refractivity (Wildman–Crippen MR) is 110 cm³/mol. The van der Waals surface area contributed by atoms with Gasteiger partial charge in [-0.25, -0.2) is 19.3 Å². The second kappa shape index (κ2) is 7.22. The molecule has 3 N–H and O–H groups in total. The number of aromatic nitrogens is 3. The van der Waals surface area contributed by atoms with Crippen LogP contribution in [0.1, 0.15) is 48.1 Å². The van der Waals surface area contributed by atoms with Crippen molar-refractivity contribution in [1.29, 1.82) is 0 Å². The second-order valence-electron chi connectivity index (χ2n) is 7.57. The van der Waals surface area contributed by atoms with E-state index in [9.17, 15) is 4.39 Å². The van der Waals surface area contributed by atoms with Gasteiger partial charge in [-0.05, 0) is 69.0 Å². The number of piperidine rings is 1. The SMILES string of the molecule is Nc1ncc(C2CC2)c(-c2sc(C3CCNCC3)nc2-c2ccc(F)cc2)n1. The van der Waals surface area contributed by atoms with Gasteiger partial charge in [0.05, 0.1) is 21.3 Å². The fraction of sp³-hybridized carbons (Fsp3) is 0.381. The molecule has 144 valence electrons. The van der Waals surface area contributed by atoms with Crippen LogP contribution in [0.5, 0.6) is 0 Å². The third kappa shape index (κ3) is 3.40. The molecule has 1 aromatic carbocycles. The quantitative estimate of drug-likeness (QED) is 0.687. The molecule has 0 unspecified atom stereocenters. The highest BCUT2D eigenvalue weighted by atomic mass is 32.1. The molecule has 2 aliphatic rings. The maximum absolute atomic E-state index is 13.5. The van der Waals surface area contributed by atoms with Crippen molar-refractivity contribution in [2.45, 2.75) is 37.5 Å². The van der Waals surface area contributed by atoms with Crippen molar-refractivity contribution in [3.8, 4) is 21.8 Å². The van der Waals surface area contributed by atoms with E-state index in [1.165, 1.54) is 12.1 Å². The van der Waals surface area contributed by atoms with Gasteiger partial charge in [-0.15, -0.1) is 11.3 Å². The molecule has 3 heterocycles. The van der Waals surface area contributed by atoms with Crippen LogP contribution < -0.4 is 11.1 Å². The summed E-state index contributed by atoms with van der Waals surface area (Å²) in [7, 11) is 0. The van der Waals surface area contributed by atoms with Gasteiger partial charge in [-0.2, -0.15) is 0 Å². The summed E-state index contributed by atoms with van der Waals surface area (Å²) in [6.45, 7) is 2.03. The zero-order valence-corrected chi connectivity index (χ0v) is 16.3. The number of nitrogens with zero attached hydrogens (tertiary/aromatic N) is 3. The summed E-state index contributed by atoms with van der Waals surface area (Å²) in [5.41, 5.74) is 9.78. The Balaban J connectivity index is 1.66. The molecule has 2 fully saturated rings. The van der Waals surface area contributed by atoms with E-state index in [1.807, 2.05) is 6.20 Å². The Hall–Kier alpha value is -2.38. The Morgan fingerprint density at radius 2 is 1.71 bits per heavy atom. The molecule has 5 rings (SSSR count). The van der Waals surface area contributed by atoms with Crippen molar-refractivity contribution in [1.82, 2.24) is 20.3 Å². The molecule has 0 amide bonds. The van der Waals surface area contributed by atoms with Crippen LogP contribution in [0.15, 0.2) is 30.5 Å². The highest BCUT2D eigenvalue weighted by Crippen LogP contribution is 2.47. The number of nitrogen functional groups attached to an aromatic ring is 1. The first-order chi connectivity index (χ1) is 13.7. The Bertz CT molecular complexity index is 991. The maximum Gasteiger partial charge on any atom is 0.220 e. The lowest BCUT2D eigenvalue weighted by molar-refractivity contribution is 0.459. The van der Waals surface area contributed by atoms with Gasteiger partial charge in [0, 0.05) is 23.2 Å². The molecule has 1 aliphatic carbocycles. The molecule has 7 heteroatoms.